The first-order valence-electron chi connectivity index (χ1n) is 5.47. The lowest BCUT2D eigenvalue weighted by atomic mass is 10.4. The predicted molar refractivity (Wildman–Crippen MR) is 64.3 cm³/mol. The van der Waals surface area contributed by atoms with Crippen molar-refractivity contribution in [3.05, 3.63) is 12.4 Å². The molecule has 0 unspecified atom stereocenters. The molecule has 0 saturated carbocycles. The van der Waals surface area contributed by atoms with Crippen molar-refractivity contribution in [2.24, 2.45) is 7.05 Å². The molecule has 7 nitrogen and oxygen atoms in total. The van der Waals surface area contributed by atoms with Gasteiger partial charge in [-0.1, -0.05) is 6.92 Å². The van der Waals surface area contributed by atoms with Crippen LogP contribution in [0, 0.1) is 0 Å². The Morgan fingerprint density at radius 3 is 2.67 bits per heavy atom. The van der Waals surface area contributed by atoms with Crippen molar-refractivity contribution in [3.8, 4) is 0 Å². The maximum Gasteiger partial charge on any atom is 0.306 e. The van der Waals surface area contributed by atoms with E-state index in [1.54, 1.807) is 14.0 Å². The molecule has 0 aromatic carbocycles. The zero-order valence-corrected chi connectivity index (χ0v) is 11.5. The molecule has 0 aliphatic heterocycles. The smallest absolute Gasteiger partial charge is 0.306 e. The van der Waals surface area contributed by atoms with Crippen LogP contribution in [-0.4, -0.2) is 48.7 Å². The molecule has 0 spiro atoms. The summed E-state index contributed by atoms with van der Waals surface area (Å²) in [7, 11) is -0.677. The Kier molecular flexibility index (Phi) is 4.85. The summed E-state index contributed by atoms with van der Waals surface area (Å²) in [6.07, 6.45) is 2.75. The van der Waals surface area contributed by atoms with Gasteiger partial charge < -0.3 is 4.74 Å². The molecule has 0 amide bonds. The van der Waals surface area contributed by atoms with Gasteiger partial charge in [0.05, 0.1) is 19.7 Å². The topological polar surface area (TPSA) is 81.5 Å². The second-order valence-electron chi connectivity index (χ2n) is 3.67. The van der Waals surface area contributed by atoms with E-state index in [4.69, 9.17) is 0 Å². The molecule has 0 saturated heterocycles. The first kappa shape index (κ1) is 14.7. The van der Waals surface area contributed by atoms with E-state index >= 15 is 0 Å². The molecule has 1 aromatic heterocycles. The molecule has 102 valence electrons. The van der Waals surface area contributed by atoms with Crippen molar-refractivity contribution in [1.82, 2.24) is 14.1 Å². The quantitative estimate of drug-likeness (QED) is 0.682. The third-order valence-electron chi connectivity index (χ3n) is 2.46. The zero-order valence-electron chi connectivity index (χ0n) is 10.7. The fraction of sp³-hybridized carbons (Fsp3) is 0.600. The summed E-state index contributed by atoms with van der Waals surface area (Å²) in [5, 5.41) is 3.83. The third-order valence-corrected chi connectivity index (χ3v) is 4.39. The van der Waals surface area contributed by atoms with Gasteiger partial charge in [0.25, 0.3) is 0 Å². The molecule has 18 heavy (non-hydrogen) atoms. The molecule has 0 fully saturated rings. The summed E-state index contributed by atoms with van der Waals surface area (Å²) in [5.41, 5.74) is 0. The number of sulfonamides is 1. The Morgan fingerprint density at radius 2 is 2.22 bits per heavy atom. The van der Waals surface area contributed by atoms with Crippen molar-refractivity contribution < 1.29 is 17.9 Å². The van der Waals surface area contributed by atoms with E-state index < -0.39 is 16.0 Å². The number of aryl methyl sites for hydroxylation is 1. The van der Waals surface area contributed by atoms with Crippen LogP contribution in [0.2, 0.25) is 0 Å². The minimum Gasteiger partial charge on any atom is -0.469 e. The molecule has 1 rings (SSSR count). The van der Waals surface area contributed by atoms with Gasteiger partial charge in [0.15, 0.2) is 0 Å². The molecule has 0 bridgehead atoms. The van der Waals surface area contributed by atoms with E-state index in [1.807, 2.05) is 0 Å². The Hall–Kier alpha value is -1.41. The second-order valence-corrected chi connectivity index (χ2v) is 5.61. The van der Waals surface area contributed by atoms with Crippen LogP contribution in [0.4, 0.5) is 0 Å². The van der Waals surface area contributed by atoms with E-state index in [0.717, 1.165) is 0 Å². The zero-order chi connectivity index (χ0) is 13.8. The average Bonchev–Trinajstić information content (AvgIpc) is 2.76. The summed E-state index contributed by atoms with van der Waals surface area (Å²) in [5.74, 6) is -0.435. The lowest BCUT2D eigenvalue weighted by Crippen LogP contribution is -2.32. The number of aromatic nitrogens is 2. The van der Waals surface area contributed by atoms with Gasteiger partial charge in [-0.3, -0.25) is 9.48 Å². The van der Waals surface area contributed by atoms with Gasteiger partial charge in [-0.05, 0) is 0 Å². The molecular weight excluding hydrogens is 258 g/mol. The third kappa shape index (κ3) is 3.30. The summed E-state index contributed by atoms with van der Waals surface area (Å²) >= 11 is 0. The number of hydrogen-bond donors (Lipinski definition) is 0. The Balaban J connectivity index is 2.84. The first-order valence-corrected chi connectivity index (χ1v) is 6.91. The maximum absolute atomic E-state index is 12.2. The maximum atomic E-state index is 12.2. The van der Waals surface area contributed by atoms with Crippen LogP contribution < -0.4 is 0 Å². The number of carbonyl (C=O) groups is 1. The van der Waals surface area contributed by atoms with Crippen molar-refractivity contribution in [3.63, 3.8) is 0 Å². The van der Waals surface area contributed by atoms with Gasteiger partial charge in [0.1, 0.15) is 4.90 Å². The molecule has 1 heterocycles. The second kappa shape index (κ2) is 5.96. The van der Waals surface area contributed by atoms with Crippen molar-refractivity contribution in [2.75, 3.05) is 20.2 Å². The Labute approximate surface area is 106 Å². The van der Waals surface area contributed by atoms with E-state index in [-0.39, 0.29) is 24.4 Å². The van der Waals surface area contributed by atoms with Crippen LogP contribution in [-0.2, 0) is 26.6 Å². The van der Waals surface area contributed by atoms with Crippen LogP contribution in [0.5, 0.6) is 0 Å². The number of nitrogens with zero attached hydrogens (tertiary/aromatic N) is 3. The average molecular weight is 275 g/mol. The van der Waals surface area contributed by atoms with E-state index in [0.29, 0.717) is 0 Å². The first-order chi connectivity index (χ1) is 8.41. The fourth-order valence-corrected chi connectivity index (χ4v) is 2.88. The highest BCUT2D eigenvalue weighted by Gasteiger charge is 2.24. The SMILES string of the molecule is CCN(CCC(=O)OC)S(=O)(=O)c1cnn(C)c1. The van der Waals surface area contributed by atoms with Crippen LogP contribution in [0.1, 0.15) is 13.3 Å². The van der Waals surface area contributed by atoms with Crippen LogP contribution in [0.15, 0.2) is 17.3 Å². The van der Waals surface area contributed by atoms with E-state index in [1.165, 1.54) is 28.5 Å². The summed E-state index contributed by atoms with van der Waals surface area (Å²) in [6.45, 7) is 2.10. The minimum absolute atomic E-state index is 0.0316. The molecule has 0 aliphatic rings. The minimum atomic E-state index is -3.59. The number of rotatable bonds is 6. The number of carbonyl (C=O) groups excluding carboxylic acids is 1. The van der Waals surface area contributed by atoms with Crippen molar-refractivity contribution >= 4 is 16.0 Å². The number of esters is 1. The number of methoxy groups -OCH3 is 1. The molecule has 1 aromatic rings. The summed E-state index contributed by atoms with van der Waals surface area (Å²) in [6, 6.07) is 0. The fourth-order valence-electron chi connectivity index (χ4n) is 1.45. The van der Waals surface area contributed by atoms with Gasteiger partial charge in [-0.15, -0.1) is 0 Å². The summed E-state index contributed by atoms with van der Waals surface area (Å²) in [4.78, 5) is 11.2. The van der Waals surface area contributed by atoms with Gasteiger partial charge in [-0.25, -0.2) is 8.42 Å². The monoisotopic (exact) mass is 275 g/mol. The largest absolute Gasteiger partial charge is 0.469 e. The normalized spacial score (nSPS) is 11.8. The molecule has 0 atom stereocenters. The molecule has 8 heteroatoms. The predicted octanol–water partition coefficient (Wildman–Crippen LogP) is -0.00620. The Morgan fingerprint density at radius 1 is 1.56 bits per heavy atom. The molecule has 0 N–H and O–H groups in total. The molecule has 0 aliphatic carbocycles. The highest BCUT2D eigenvalue weighted by Crippen LogP contribution is 2.14. The Bertz CT molecular complexity index is 509. The van der Waals surface area contributed by atoms with E-state index in [9.17, 15) is 13.2 Å². The lowest BCUT2D eigenvalue weighted by Gasteiger charge is -2.18. The van der Waals surface area contributed by atoms with Crippen molar-refractivity contribution in [1.29, 1.82) is 0 Å². The number of hydrogen-bond acceptors (Lipinski definition) is 5. The van der Waals surface area contributed by atoms with Gasteiger partial charge in [-0.2, -0.15) is 9.40 Å². The standard InChI is InChI=1S/C10H17N3O4S/c1-4-13(6-5-10(14)17-3)18(15,16)9-7-11-12(2)8-9/h7-8H,4-6H2,1-3H3. The summed E-state index contributed by atoms with van der Waals surface area (Å²) < 4.78 is 31.5. The highest BCUT2D eigenvalue weighted by molar-refractivity contribution is 7.89. The van der Waals surface area contributed by atoms with Crippen LogP contribution in [0.25, 0.3) is 0 Å². The molecule has 0 radical (unpaired) electrons. The van der Waals surface area contributed by atoms with Gasteiger partial charge in [0, 0.05) is 26.3 Å². The number of ether oxygens (including phenoxy) is 1. The van der Waals surface area contributed by atoms with Gasteiger partial charge >= 0.3 is 5.97 Å². The van der Waals surface area contributed by atoms with Gasteiger partial charge in [0.2, 0.25) is 10.0 Å². The molecular formula is C10H17N3O4S. The van der Waals surface area contributed by atoms with Crippen LogP contribution in [0.3, 0.4) is 0 Å². The highest BCUT2D eigenvalue weighted by atomic mass is 32.2. The van der Waals surface area contributed by atoms with E-state index in [2.05, 4.69) is 9.84 Å². The van der Waals surface area contributed by atoms with Crippen LogP contribution >= 0.6 is 0 Å². The lowest BCUT2D eigenvalue weighted by molar-refractivity contribution is -0.140. The van der Waals surface area contributed by atoms with Crippen molar-refractivity contribution in [2.45, 2.75) is 18.2 Å².